The van der Waals surface area contributed by atoms with Crippen molar-refractivity contribution >= 4 is 0 Å². The SMILES string of the molecule is O=c1cccc2n1C[C@@H]1CC2CN(CC(O)COCc2ccccc2)C1. The predicted octanol–water partition coefficient (Wildman–Crippen LogP) is 1.85. The Morgan fingerprint density at radius 1 is 1.08 bits per heavy atom. The fourth-order valence-corrected chi connectivity index (χ4v) is 4.38. The molecule has 1 N–H and O–H groups in total. The standard InChI is InChI=1S/C21H26N2O3/c24-19(15-26-14-16-5-2-1-3-6-16)13-22-10-17-9-18(12-22)20-7-4-8-21(25)23(20)11-17/h1-8,17-19,24H,9-15H2/t17-,18?,19?/m1/s1. The van der Waals surface area contributed by atoms with Gasteiger partial charge in [-0.2, -0.15) is 0 Å². The van der Waals surface area contributed by atoms with Gasteiger partial charge in [0.15, 0.2) is 0 Å². The molecule has 3 atom stereocenters. The Balaban J connectivity index is 1.30. The molecule has 1 aromatic heterocycles. The lowest BCUT2D eigenvalue weighted by molar-refractivity contribution is -0.00248. The molecule has 0 saturated carbocycles. The van der Waals surface area contributed by atoms with Crippen LogP contribution in [0.3, 0.4) is 0 Å². The lowest BCUT2D eigenvalue weighted by Crippen LogP contribution is -2.49. The van der Waals surface area contributed by atoms with Crippen molar-refractivity contribution in [3.63, 3.8) is 0 Å². The molecule has 1 aromatic carbocycles. The van der Waals surface area contributed by atoms with Crippen LogP contribution in [0.2, 0.25) is 0 Å². The normalized spacial score (nSPS) is 23.4. The molecule has 5 heteroatoms. The third-order valence-corrected chi connectivity index (χ3v) is 5.45. The quantitative estimate of drug-likeness (QED) is 0.860. The highest BCUT2D eigenvalue weighted by Crippen LogP contribution is 2.34. The molecule has 26 heavy (non-hydrogen) atoms. The number of β-amino-alcohol motifs (C(OH)–C–C–N with tert-alkyl or cyclic N) is 1. The van der Waals surface area contributed by atoms with Crippen molar-refractivity contribution in [3.05, 3.63) is 70.1 Å². The van der Waals surface area contributed by atoms with Crippen LogP contribution >= 0.6 is 0 Å². The first-order valence-corrected chi connectivity index (χ1v) is 9.41. The van der Waals surface area contributed by atoms with E-state index < -0.39 is 6.10 Å². The second kappa shape index (κ2) is 7.74. The Morgan fingerprint density at radius 3 is 2.77 bits per heavy atom. The highest BCUT2D eigenvalue weighted by Gasteiger charge is 2.34. The molecule has 0 aliphatic carbocycles. The number of aromatic nitrogens is 1. The van der Waals surface area contributed by atoms with Crippen LogP contribution in [0, 0.1) is 5.92 Å². The van der Waals surface area contributed by atoms with Crippen LogP contribution in [0.1, 0.15) is 23.6 Å². The zero-order valence-electron chi connectivity index (χ0n) is 15.0. The lowest BCUT2D eigenvalue weighted by atomic mass is 9.83. The number of benzene rings is 1. The van der Waals surface area contributed by atoms with Gasteiger partial charge in [0.05, 0.1) is 19.3 Å². The minimum Gasteiger partial charge on any atom is -0.389 e. The smallest absolute Gasteiger partial charge is 0.250 e. The third-order valence-electron chi connectivity index (χ3n) is 5.45. The molecule has 4 rings (SSSR count). The molecular formula is C21H26N2O3. The van der Waals surface area contributed by atoms with Crippen LogP contribution in [-0.4, -0.2) is 46.9 Å². The molecule has 0 radical (unpaired) electrons. The Hall–Kier alpha value is -1.95. The minimum atomic E-state index is -0.490. The fraction of sp³-hybridized carbons (Fsp3) is 0.476. The first kappa shape index (κ1) is 17.5. The second-order valence-electron chi connectivity index (χ2n) is 7.57. The Labute approximate surface area is 153 Å². The van der Waals surface area contributed by atoms with Gasteiger partial charge in [0.1, 0.15) is 0 Å². The fourth-order valence-electron chi connectivity index (χ4n) is 4.38. The van der Waals surface area contributed by atoms with Crippen molar-refractivity contribution < 1.29 is 9.84 Å². The van der Waals surface area contributed by atoms with E-state index in [1.165, 1.54) is 0 Å². The molecule has 0 amide bonds. The molecule has 2 aliphatic rings. The molecule has 0 spiro atoms. The summed E-state index contributed by atoms with van der Waals surface area (Å²) >= 11 is 0. The number of ether oxygens (including phenoxy) is 1. The summed E-state index contributed by atoms with van der Waals surface area (Å²) in [4.78, 5) is 14.4. The average molecular weight is 354 g/mol. The predicted molar refractivity (Wildman–Crippen MR) is 100 cm³/mol. The van der Waals surface area contributed by atoms with Gasteiger partial charge in [-0.15, -0.1) is 0 Å². The van der Waals surface area contributed by atoms with Crippen LogP contribution in [-0.2, 0) is 17.9 Å². The van der Waals surface area contributed by atoms with E-state index in [0.29, 0.717) is 31.6 Å². The Bertz CT molecular complexity index is 789. The van der Waals surface area contributed by atoms with E-state index in [1.54, 1.807) is 6.07 Å². The largest absolute Gasteiger partial charge is 0.389 e. The summed E-state index contributed by atoms with van der Waals surface area (Å²) in [5, 5.41) is 10.4. The highest BCUT2D eigenvalue weighted by atomic mass is 16.5. The van der Waals surface area contributed by atoms with Crippen LogP contribution in [0.15, 0.2) is 53.3 Å². The molecule has 2 unspecified atom stereocenters. The number of hydrogen-bond donors (Lipinski definition) is 1. The molecule has 3 heterocycles. The van der Waals surface area contributed by atoms with Gasteiger partial charge in [0.2, 0.25) is 0 Å². The first-order valence-electron chi connectivity index (χ1n) is 9.41. The summed E-state index contributed by atoms with van der Waals surface area (Å²) in [5.41, 5.74) is 2.38. The van der Waals surface area contributed by atoms with Crippen molar-refractivity contribution in [2.75, 3.05) is 26.2 Å². The van der Waals surface area contributed by atoms with Crippen molar-refractivity contribution in [1.29, 1.82) is 0 Å². The molecular weight excluding hydrogens is 328 g/mol. The zero-order valence-corrected chi connectivity index (χ0v) is 15.0. The van der Waals surface area contributed by atoms with E-state index in [1.807, 2.05) is 41.0 Å². The van der Waals surface area contributed by atoms with Crippen molar-refractivity contribution in [2.45, 2.75) is 31.6 Å². The summed E-state index contributed by atoms with van der Waals surface area (Å²) in [6.45, 7) is 4.13. The van der Waals surface area contributed by atoms with Gasteiger partial charge in [-0.1, -0.05) is 36.4 Å². The second-order valence-corrected chi connectivity index (χ2v) is 7.57. The van der Waals surface area contributed by atoms with E-state index in [-0.39, 0.29) is 5.56 Å². The summed E-state index contributed by atoms with van der Waals surface area (Å²) in [5.74, 6) is 0.868. The maximum Gasteiger partial charge on any atom is 0.250 e. The molecule has 2 aliphatic heterocycles. The number of aliphatic hydroxyl groups is 1. The van der Waals surface area contributed by atoms with Crippen LogP contribution in [0.4, 0.5) is 0 Å². The van der Waals surface area contributed by atoms with E-state index in [0.717, 1.165) is 37.3 Å². The Morgan fingerprint density at radius 2 is 1.92 bits per heavy atom. The van der Waals surface area contributed by atoms with Crippen LogP contribution in [0.5, 0.6) is 0 Å². The number of pyridine rings is 1. The molecule has 2 aromatic rings. The monoisotopic (exact) mass is 354 g/mol. The van der Waals surface area contributed by atoms with Gasteiger partial charge in [-0.25, -0.2) is 0 Å². The van der Waals surface area contributed by atoms with Gasteiger partial charge < -0.3 is 14.4 Å². The minimum absolute atomic E-state index is 0.111. The van der Waals surface area contributed by atoms with Crippen LogP contribution in [0.25, 0.3) is 0 Å². The van der Waals surface area contributed by atoms with Crippen LogP contribution < -0.4 is 5.56 Å². The molecule has 1 saturated heterocycles. The van der Waals surface area contributed by atoms with Crippen molar-refractivity contribution in [1.82, 2.24) is 9.47 Å². The van der Waals surface area contributed by atoms with Gasteiger partial charge in [0, 0.05) is 43.9 Å². The number of nitrogens with zero attached hydrogens (tertiary/aromatic N) is 2. The van der Waals surface area contributed by atoms with E-state index in [4.69, 9.17) is 4.74 Å². The van der Waals surface area contributed by atoms with Gasteiger partial charge in [-0.05, 0) is 24.0 Å². The summed E-state index contributed by atoms with van der Waals surface area (Å²) in [6, 6.07) is 15.6. The molecule has 1 fully saturated rings. The molecule has 138 valence electrons. The molecule has 2 bridgehead atoms. The topological polar surface area (TPSA) is 54.7 Å². The van der Waals surface area contributed by atoms with Gasteiger partial charge in [-0.3, -0.25) is 9.69 Å². The Kier molecular flexibility index (Phi) is 5.20. The van der Waals surface area contributed by atoms with Crippen molar-refractivity contribution in [3.8, 4) is 0 Å². The first-order chi connectivity index (χ1) is 12.7. The van der Waals surface area contributed by atoms with Gasteiger partial charge >= 0.3 is 0 Å². The van der Waals surface area contributed by atoms with E-state index in [2.05, 4.69) is 11.0 Å². The van der Waals surface area contributed by atoms with E-state index in [9.17, 15) is 9.90 Å². The zero-order chi connectivity index (χ0) is 17.9. The third kappa shape index (κ3) is 3.90. The summed E-state index contributed by atoms with van der Waals surface area (Å²) in [6.07, 6.45) is 0.649. The number of hydrogen-bond acceptors (Lipinski definition) is 4. The summed E-state index contributed by atoms with van der Waals surface area (Å²) in [7, 11) is 0. The van der Waals surface area contributed by atoms with E-state index >= 15 is 0 Å². The van der Waals surface area contributed by atoms with Gasteiger partial charge in [0.25, 0.3) is 5.56 Å². The number of likely N-dealkylation sites (tertiary alicyclic amines) is 1. The maximum absolute atomic E-state index is 12.1. The number of rotatable bonds is 6. The molecule has 5 nitrogen and oxygen atoms in total. The average Bonchev–Trinajstić information content (AvgIpc) is 2.63. The number of piperidine rings is 1. The maximum atomic E-state index is 12.1. The number of fused-ring (bicyclic) bond motifs is 4. The lowest BCUT2D eigenvalue weighted by Gasteiger charge is -2.43. The highest BCUT2D eigenvalue weighted by molar-refractivity contribution is 5.17. The number of aliphatic hydroxyl groups excluding tert-OH is 1. The van der Waals surface area contributed by atoms with Crippen molar-refractivity contribution in [2.24, 2.45) is 5.92 Å². The summed E-state index contributed by atoms with van der Waals surface area (Å²) < 4.78 is 7.61.